The maximum Gasteiger partial charge on any atom is 0.0938 e. The molecule has 2 aromatic rings. The Morgan fingerprint density at radius 2 is 2.00 bits per heavy atom. The van der Waals surface area contributed by atoms with Gasteiger partial charge in [0.05, 0.1) is 9.16 Å². The van der Waals surface area contributed by atoms with E-state index in [-0.39, 0.29) is 5.38 Å². The summed E-state index contributed by atoms with van der Waals surface area (Å²) >= 11 is 14.2. The van der Waals surface area contributed by atoms with Crippen molar-refractivity contribution in [1.82, 2.24) is 0 Å². The van der Waals surface area contributed by atoms with E-state index in [1.807, 2.05) is 0 Å². The van der Waals surface area contributed by atoms with Crippen LogP contribution in [0.25, 0.3) is 0 Å². The van der Waals surface area contributed by atoms with Gasteiger partial charge < -0.3 is 0 Å². The molecule has 4 heteroatoms. The predicted molar refractivity (Wildman–Crippen MR) is 88.3 cm³/mol. The lowest BCUT2D eigenvalue weighted by Gasteiger charge is -2.11. The molecular weight excluding hydrogens is 430 g/mol. The number of aryl methyl sites for hydroxylation is 2. The number of benzene rings is 1. The molecule has 1 unspecified atom stereocenters. The van der Waals surface area contributed by atoms with Crippen LogP contribution in [0.15, 0.2) is 28.1 Å². The van der Waals surface area contributed by atoms with Crippen molar-refractivity contribution in [3.8, 4) is 0 Å². The molecule has 0 radical (unpaired) electrons. The van der Waals surface area contributed by atoms with Gasteiger partial charge in [-0.25, -0.2) is 0 Å². The summed E-state index contributed by atoms with van der Waals surface area (Å²) < 4.78 is 2.42. The molecular formula is C13H11BrClIS. The van der Waals surface area contributed by atoms with Crippen molar-refractivity contribution in [2.24, 2.45) is 0 Å². The van der Waals surface area contributed by atoms with Gasteiger partial charge in [0.25, 0.3) is 0 Å². The fourth-order valence-corrected chi connectivity index (χ4v) is 4.43. The smallest absolute Gasteiger partial charge is 0.0938 e. The van der Waals surface area contributed by atoms with E-state index in [0.29, 0.717) is 0 Å². The Balaban J connectivity index is 2.43. The van der Waals surface area contributed by atoms with Crippen molar-refractivity contribution in [2.75, 3.05) is 0 Å². The van der Waals surface area contributed by atoms with Gasteiger partial charge in [0.1, 0.15) is 0 Å². The lowest BCUT2D eigenvalue weighted by atomic mass is 10.1. The number of alkyl halides is 1. The first-order chi connectivity index (χ1) is 8.00. The largest absolute Gasteiger partial charge is 0.131 e. The lowest BCUT2D eigenvalue weighted by Crippen LogP contribution is -1.95. The van der Waals surface area contributed by atoms with Gasteiger partial charge in [0.15, 0.2) is 0 Å². The van der Waals surface area contributed by atoms with E-state index in [2.05, 4.69) is 76.6 Å². The highest BCUT2D eigenvalue weighted by atomic mass is 127. The van der Waals surface area contributed by atoms with Crippen LogP contribution in [0.2, 0.25) is 0 Å². The van der Waals surface area contributed by atoms with Crippen LogP contribution in [0.3, 0.4) is 0 Å². The number of thiophene rings is 1. The Morgan fingerprint density at radius 1 is 1.29 bits per heavy atom. The molecule has 0 aliphatic rings. The molecule has 90 valence electrons. The van der Waals surface area contributed by atoms with Gasteiger partial charge in [0.2, 0.25) is 0 Å². The zero-order chi connectivity index (χ0) is 12.6. The molecule has 0 aliphatic heterocycles. The molecule has 0 amide bonds. The van der Waals surface area contributed by atoms with Crippen LogP contribution in [0.4, 0.5) is 0 Å². The second-order valence-corrected chi connectivity index (χ2v) is 7.86. The highest BCUT2D eigenvalue weighted by Gasteiger charge is 2.17. The third kappa shape index (κ3) is 2.88. The van der Waals surface area contributed by atoms with Crippen LogP contribution in [0.1, 0.15) is 26.9 Å². The fourth-order valence-electron chi connectivity index (χ4n) is 1.63. The van der Waals surface area contributed by atoms with Crippen LogP contribution in [0, 0.1) is 17.4 Å². The molecule has 1 aromatic heterocycles. The Labute approximate surface area is 133 Å². The van der Waals surface area contributed by atoms with E-state index < -0.39 is 0 Å². The van der Waals surface area contributed by atoms with Crippen molar-refractivity contribution >= 4 is 61.5 Å². The topological polar surface area (TPSA) is 0 Å². The average Bonchev–Trinajstić information content (AvgIpc) is 2.62. The maximum atomic E-state index is 6.58. The van der Waals surface area contributed by atoms with Crippen molar-refractivity contribution < 1.29 is 0 Å². The second-order valence-electron chi connectivity index (χ2n) is 3.95. The minimum absolute atomic E-state index is 0.0585. The van der Waals surface area contributed by atoms with Crippen molar-refractivity contribution in [3.05, 3.63) is 53.2 Å². The molecule has 1 atom stereocenters. The first kappa shape index (κ1) is 13.8. The summed E-state index contributed by atoms with van der Waals surface area (Å²) in [6.07, 6.45) is 0. The van der Waals surface area contributed by atoms with Gasteiger partial charge in [-0.3, -0.25) is 0 Å². The summed E-state index contributed by atoms with van der Waals surface area (Å²) in [4.78, 5) is 1.19. The third-order valence-electron chi connectivity index (χ3n) is 2.62. The Kier molecular flexibility index (Phi) is 4.55. The molecule has 0 saturated carbocycles. The summed E-state index contributed by atoms with van der Waals surface area (Å²) in [7, 11) is 0. The molecule has 2 rings (SSSR count). The molecule has 0 spiro atoms. The molecule has 0 N–H and O–H groups in total. The highest BCUT2D eigenvalue weighted by molar-refractivity contribution is 14.1. The number of halogens is 3. The van der Waals surface area contributed by atoms with Gasteiger partial charge in [-0.1, -0.05) is 18.2 Å². The van der Waals surface area contributed by atoms with Gasteiger partial charge >= 0.3 is 0 Å². The monoisotopic (exact) mass is 440 g/mol. The van der Waals surface area contributed by atoms with Gasteiger partial charge in [0, 0.05) is 8.45 Å². The molecule has 1 heterocycles. The molecule has 0 saturated heterocycles. The zero-order valence-electron chi connectivity index (χ0n) is 9.43. The third-order valence-corrected chi connectivity index (χ3v) is 6.90. The first-order valence-electron chi connectivity index (χ1n) is 5.15. The van der Waals surface area contributed by atoms with E-state index in [4.69, 9.17) is 11.6 Å². The van der Waals surface area contributed by atoms with Crippen molar-refractivity contribution in [1.29, 1.82) is 0 Å². The van der Waals surface area contributed by atoms with E-state index in [1.165, 1.54) is 28.9 Å². The summed E-state index contributed by atoms with van der Waals surface area (Å²) in [6.45, 7) is 4.21. The van der Waals surface area contributed by atoms with E-state index in [1.54, 1.807) is 11.3 Å². The second kappa shape index (κ2) is 5.59. The van der Waals surface area contributed by atoms with Crippen molar-refractivity contribution in [3.63, 3.8) is 0 Å². The SMILES string of the molecule is Cc1cc(C(Cl)c2cccc(C)c2I)sc1Br. The molecule has 0 bridgehead atoms. The van der Waals surface area contributed by atoms with Gasteiger partial charge in [-0.2, -0.15) is 0 Å². The fraction of sp³-hybridized carbons (Fsp3) is 0.231. The van der Waals surface area contributed by atoms with Crippen molar-refractivity contribution in [2.45, 2.75) is 19.2 Å². The number of rotatable bonds is 2. The van der Waals surface area contributed by atoms with E-state index in [0.717, 1.165) is 0 Å². The molecule has 0 fully saturated rings. The highest BCUT2D eigenvalue weighted by Crippen LogP contribution is 2.39. The molecule has 0 nitrogen and oxygen atoms in total. The normalized spacial score (nSPS) is 12.8. The van der Waals surface area contributed by atoms with Crippen LogP contribution >= 0.6 is 61.5 Å². The standard InChI is InChI=1S/C13H11BrClIS/c1-7-4-3-5-9(12(7)16)11(15)10-6-8(2)13(14)17-10/h3-6,11H,1-2H3. The van der Waals surface area contributed by atoms with Crippen LogP contribution in [0.5, 0.6) is 0 Å². The summed E-state index contributed by atoms with van der Waals surface area (Å²) in [6, 6.07) is 8.45. The summed E-state index contributed by atoms with van der Waals surface area (Å²) in [5.41, 5.74) is 3.72. The first-order valence-corrected chi connectivity index (χ1v) is 8.28. The number of hydrogen-bond acceptors (Lipinski definition) is 1. The summed E-state index contributed by atoms with van der Waals surface area (Å²) in [5.74, 6) is 0. The zero-order valence-corrected chi connectivity index (χ0v) is 14.7. The molecule has 0 aliphatic carbocycles. The minimum Gasteiger partial charge on any atom is -0.131 e. The average molecular weight is 442 g/mol. The Hall–Kier alpha value is 0.420. The maximum absolute atomic E-state index is 6.58. The number of hydrogen-bond donors (Lipinski definition) is 0. The van der Waals surface area contributed by atoms with Crippen LogP contribution < -0.4 is 0 Å². The van der Waals surface area contributed by atoms with Gasteiger partial charge in [-0.05, 0) is 75.1 Å². The quantitative estimate of drug-likeness (QED) is 0.393. The predicted octanol–water partition coefficient (Wildman–Crippen LogP) is 6.06. The van der Waals surface area contributed by atoms with Crippen LogP contribution in [-0.4, -0.2) is 0 Å². The van der Waals surface area contributed by atoms with Crippen LogP contribution in [-0.2, 0) is 0 Å². The minimum atomic E-state index is -0.0585. The Morgan fingerprint density at radius 3 is 2.59 bits per heavy atom. The molecule has 17 heavy (non-hydrogen) atoms. The Bertz CT molecular complexity index is 531. The summed E-state index contributed by atoms with van der Waals surface area (Å²) in [5, 5.41) is -0.0585. The van der Waals surface area contributed by atoms with E-state index in [9.17, 15) is 0 Å². The van der Waals surface area contributed by atoms with E-state index >= 15 is 0 Å². The lowest BCUT2D eigenvalue weighted by molar-refractivity contribution is 1.15. The molecule has 1 aromatic carbocycles. The van der Waals surface area contributed by atoms with Gasteiger partial charge in [-0.15, -0.1) is 22.9 Å².